The maximum absolute atomic E-state index is 5.89. The lowest BCUT2D eigenvalue weighted by Gasteiger charge is -1.97. The quantitative estimate of drug-likeness (QED) is 0.501. The maximum Gasteiger partial charge on any atom is 0.136 e. The molecule has 1 nitrogen and oxygen atoms in total. The molecule has 0 aliphatic heterocycles. The van der Waals surface area contributed by atoms with Gasteiger partial charge in [-0.3, -0.25) is 0 Å². The lowest BCUT2D eigenvalue weighted by atomic mass is 10.1. The first-order valence-corrected chi connectivity index (χ1v) is 4.61. The van der Waals surface area contributed by atoms with Crippen molar-refractivity contribution in [2.75, 3.05) is 5.88 Å². The van der Waals surface area contributed by atoms with Gasteiger partial charge in [0.2, 0.25) is 0 Å². The molecule has 62 valence electrons. The van der Waals surface area contributed by atoms with Crippen LogP contribution in [0.3, 0.4) is 0 Å². The molecule has 1 heterocycles. The van der Waals surface area contributed by atoms with Crippen molar-refractivity contribution >= 4 is 29.3 Å². The molecule has 1 aromatic heterocycles. The highest BCUT2D eigenvalue weighted by molar-refractivity contribution is 6.31. The summed E-state index contributed by atoms with van der Waals surface area (Å²) in [7, 11) is 0. The second kappa shape index (κ2) is 3.08. The Hall–Kier alpha value is -0.530. The van der Waals surface area contributed by atoms with Crippen molar-refractivity contribution < 1.29 is 0 Å². The highest BCUT2D eigenvalue weighted by Crippen LogP contribution is 2.29. The number of pyridine rings is 1. The van der Waals surface area contributed by atoms with Crippen LogP contribution >= 0.6 is 23.2 Å². The van der Waals surface area contributed by atoms with E-state index in [1.54, 1.807) is 6.20 Å². The Labute approximate surface area is 81.0 Å². The number of hydrogen-bond acceptors (Lipinski definition) is 1. The molecule has 1 aromatic rings. The second-order valence-corrected chi connectivity index (χ2v) is 3.41. The molecular formula is C9H7Cl2N. The molecule has 0 N–H and O–H groups in total. The summed E-state index contributed by atoms with van der Waals surface area (Å²) in [5.74, 6) is 0.574. The molecule has 12 heavy (non-hydrogen) atoms. The molecule has 0 fully saturated rings. The molecule has 0 saturated carbocycles. The Bertz CT molecular complexity index is 344. The Morgan fingerprint density at radius 2 is 2.33 bits per heavy atom. The lowest BCUT2D eigenvalue weighted by molar-refractivity contribution is 1.17. The number of rotatable bonds is 1. The first kappa shape index (κ1) is 8.09. The van der Waals surface area contributed by atoms with Crippen LogP contribution in [0.1, 0.15) is 11.1 Å². The van der Waals surface area contributed by atoms with Gasteiger partial charge in [-0.05, 0) is 18.1 Å². The van der Waals surface area contributed by atoms with Crippen molar-refractivity contribution in [2.24, 2.45) is 0 Å². The largest absolute Gasteiger partial charge is 0.244 e. The van der Waals surface area contributed by atoms with Crippen molar-refractivity contribution in [3.63, 3.8) is 0 Å². The summed E-state index contributed by atoms with van der Waals surface area (Å²) in [5, 5.41) is 0.576. The Balaban J connectivity index is 2.48. The average Bonchev–Trinajstić information content (AvgIpc) is 2.49. The van der Waals surface area contributed by atoms with Crippen LogP contribution in [-0.2, 0) is 6.42 Å². The number of alkyl halides is 1. The van der Waals surface area contributed by atoms with E-state index in [1.807, 2.05) is 12.1 Å². The van der Waals surface area contributed by atoms with E-state index in [0.717, 1.165) is 12.0 Å². The summed E-state index contributed by atoms with van der Waals surface area (Å²) in [6, 6.07) is 1.98. The normalized spacial score (nSPS) is 14.3. The fourth-order valence-electron chi connectivity index (χ4n) is 1.38. The minimum absolute atomic E-state index is 0.574. The Morgan fingerprint density at radius 1 is 1.50 bits per heavy atom. The molecule has 1 aliphatic rings. The van der Waals surface area contributed by atoms with Gasteiger partial charge in [0, 0.05) is 17.6 Å². The molecule has 0 spiro atoms. The van der Waals surface area contributed by atoms with Crippen LogP contribution in [0, 0.1) is 0 Å². The third-order valence-corrected chi connectivity index (χ3v) is 2.61. The monoisotopic (exact) mass is 199 g/mol. The molecule has 0 aromatic carbocycles. The topological polar surface area (TPSA) is 12.9 Å². The van der Waals surface area contributed by atoms with Crippen molar-refractivity contribution in [3.05, 3.63) is 34.1 Å². The van der Waals surface area contributed by atoms with E-state index < -0.39 is 0 Å². The van der Waals surface area contributed by atoms with Gasteiger partial charge >= 0.3 is 0 Å². The standard InChI is InChI=1S/C9H7Cl2N/c10-5-6-3-7-1-2-12-9(11)8(7)4-6/h1-2,4H,3,5H2. The van der Waals surface area contributed by atoms with Gasteiger partial charge in [-0.1, -0.05) is 23.3 Å². The average molecular weight is 200 g/mol. The third kappa shape index (κ3) is 1.23. The summed E-state index contributed by atoms with van der Waals surface area (Å²) in [5.41, 5.74) is 3.47. The van der Waals surface area contributed by atoms with Gasteiger partial charge in [0.15, 0.2) is 0 Å². The SMILES string of the molecule is ClCC1=Cc2c(ccnc2Cl)C1. The van der Waals surface area contributed by atoms with Crippen molar-refractivity contribution in [1.82, 2.24) is 4.98 Å². The van der Waals surface area contributed by atoms with Gasteiger partial charge in [0.05, 0.1) is 0 Å². The maximum atomic E-state index is 5.89. The molecule has 0 bridgehead atoms. The number of allylic oxidation sites excluding steroid dienone is 1. The number of nitrogens with zero attached hydrogens (tertiary/aromatic N) is 1. The van der Waals surface area contributed by atoms with Crippen LogP contribution in [0.4, 0.5) is 0 Å². The zero-order valence-electron chi connectivity index (χ0n) is 6.35. The second-order valence-electron chi connectivity index (χ2n) is 2.79. The number of halogens is 2. The van der Waals surface area contributed by atoms with Gasteiger partial charge in [-0.15, -0.1) is 11.6 Å². The minimum atomic E-state index is 0.574. The highest BCUT2D eigenvalue weighted by atomic mass is 35.5. The molecule has 0 saturated heterocycles. The van der Waals surface area contributed by atoms with Crippen LogP contribution in [-0.4, -0.2) is 10.9 Å². The van der Waals surface area contributed by atoms with Crippen molar-refractivity contribution in [2.45, 2.75) is 6.42 Å². The third-order valence-electron chi connectivity index (χ3n) is 1.97. The van der Waals surface area contributed by atoms with Crippen molar-refractivity contribution in [3.8, 4) is 0 Å². The number of aromatic nitrogens is 1. The number of hydrogen-bond donors (Lipinski definition) is 0. The first-order valence-electron chi connectivity index (χ1n) is 3.70. The highest BCUT2D eigenvalue weighted by Gasteiger charge is 2.14. The minimum Gasteiger partial charge on any atom is -0.244 e. The zero-order chi connectivity index (χ0) is 8.55. The van der Waals surface area contributed by atoms with E-state index in [-0.39, 0.29) is 0 Å². The van der Waals surface area contributed by atoms with Crippen molar-refractivity contribution in [1.29, 1.82) is 0 Å². The van der Waals surface area contributed by atoms with Crippen LogP contribution in [0.15, 0.2) is 17.8 Å². The molecule has 0 amide bonds. The molecule has 3 heteroatoms. The van der Waals surface area contributed by atoms with Gasteiger partial charge < -0.3 is 0 Å². The van der Waals surface area contributed by atoms with Crippen LogP contribution in [0.25, 0.3) is 6.08 Å². The van der Waals surface area contributed by atoms with E-state index in [4.69, 9.17) is 23.2 Å². The Kier molecular flexibility index (Phi) is 2.07. The Morgan fingerprint density at radius 3 is 3.00 bits per heavy atom. The van der Waals surface area contributed by atoms with E-state index in [9.17, 15) is 0 Å². The summed E-state index contributed by atoms with van der Waals surface area (Å²) in [4.78, 5) is 4.00. The van der Waals surface area contributed by atoms with Gasteiger partial charge in [-0.25, -0.2) is 4.98 Å². The van der Waals surface area contributed by atoms with Gasteiger partial charge in [0.25, 0.3) is 0 Å². The molecule has 0 atom stereocenters. The van der Waals surface area contributed by atoms with E-state index in [2.05, 4.69) is 4.98 Å². The fourth-order valence-corrected chi connectivity index (χ4v) is 1.78. The molecular weight excluding hydrogens is 193 g/mol. The summed E-state index contributed by atoms with van der Waals surface area (Å²) in [6.07, 6.45) is 4.67. The fraction of sp³-hybridized carbons (Fsp3) is 0.222. The molecule has 2 rings (SSSR count). The molecule has 1 aliphatic carbocycles. The molecule has 0 radical (unpaired) electrons. The van der Waals surface area contributed by atoms with Crippen LogP contribution in [0.5, 0.6) is 0 Å². The predicted molar refractivity (Wildman–Crippen MR) is 51.6 cm³/mol. The summed E-state index contributed by atoms with van der Waals surface area (Å²) < 4.78 is 0. The van der Waals surface area contributed by atoms with Crippen LogP contribution in [0.2, 0.25) is 5.15 Å². The predicted octanol–water partition coefficient (Wildman–Crippen LogP) is 2.91. The molecule has 0 unspecified atom stereocenters. The van der Waals surface area contributed by atoms with E-state index in [1.165, 1.54) is 11.1 Å². The van der Waals surface area contributed by atoms with E-state index in [0.29, 0.717) is 11.0 Å². The van der Waals surface area contributed by atoms with Gasteiger partial charge in [0.1, 0.15) is 5.15 Å². The lowest BCUT2D eigenvalue weighted by Crippen LogP contribution is -1.86. The van der Waals surface area contributed by atoms with Gasteiger partial charge in [-0.2, -0.15) is 0 Å². The first-order chi connectivity index (χ1) is 5.81. The summed E-state index contributed by atoms with van der Waals surface area (Å²) in [6.45, 7) is 0. The van der Waals surface area contributed by atoms with E-state index >= 15 is 0 Å². The number of fused-ring (bicyclic) bond motifs is 1. The van der Waals surface area contributed by atoms with Crippen LogP contribution < -0.4 is 0 Å². The zero-order valence-corrected chi connectivity index (χ0v) is 7.86. The smallest absolute Gasteiger partial charge is 0.136 e. The summed E-state index contributed by atoms with van der Waals surface area (Å²) >= 11 is 11.6.